The minimum absolute atomic E-state index is 0.0105. The molecule has 1 amide bonds. The van der Waals surface area contributed by atoms with E-state index in [4.69, 9.17) is 16.3 Å². The van der Waals surface area contributed by atoms with E-state index in [2.05, 4.69) is 25.2 Å². The first kappa shape index (κ1) is 16.8. The van der Waals surface area contributed by atoms with Crippen molar-refractivity contribution in [3.63, 3.8) is 0 Å². The third-order valence-electron chi connectivity index (χ3n) is 3.84. The van der Waals surface area contributed by atoms with Crippen LogP contribution in [0.5, 0.6) is 0 Å². The summed E-state index contributed by atoms with van der Waals surface area (Å²) in [5.74, 6) is 0.793. The first-order valence-electron chi connectivity index (χ1n) is 8.05. The average molecular weight is 352 g/mol. The molecule has 0 radical (unpaired) electrons. The molecule has 0 aliphatic carbocycles. The van der Waals surface area contributed by atoms with Crippen LogP contribution in [0.4, 0.5) is 10.6 Å². The van der Waals surface area contributed by atoms with E-state index in [9.17, 15) is 4.79 Å². The molecular weight excluding hydrogens is 330 g/mol. The van der Waals surface area contributed by atoms with Gasteiger partial charge in [-0.1, -0.05) is 11.6 Å². The van der Waals surface area contributed by atoms with Gasteiger partial charge in [0.25, 0.3) is 0 Å². The van der Waals surface area contributed by atoms with Gasteiger partial charge >= 0.3 is 6.09 Å². The number of halogens is 1. The number of H-pyrrole nitrogens is 1. The lowest BCUT2D eigenvalue weighted by atomic mass is 10.1. The Labute approximate surface area is 145 Å². The average Bonchev–Trinajstić information content (AvgIpc) is 2.87. The molecule has 24 heavy (non-hydrogen) atoms. The number of piperidine rings is 1. The Morgan fingerprint density at radius 1 is 1.46 bits per heavy atom. The van der Waals surface area contributed by atoms with Crippen molar-refractivity contribution in [2.24, 2.45) is 0 Å². The van der Waals surface area contributed by atoms with Crippen LogP contribution in [0.1, 0.15) is 33.6 Å². The highest BCUT2D eigenvalue weighted by molar-refractivity contribution is 6.36. The van der Waals surface area contributed by atoms with E-state index >= 15 is 0 Å². The number of carbonyl (C=O) groups excluding carboxylic acids is 1. The molecule has 130 valence electrons. The zero-order valence-electron chi connectivity index (χ0n) is 14.1. The Bertz CT molecular complexity index is 740. The smallest absolute Gasteiger partial charge is 0.407 e. The monoisotopic (exact) mass is 351 g/mol. The molecule has 7 nitrogen and oxygen atoms in total. The third-order valence-corrected chi connectivity index (χ3v) is 4.14. The first-order valence-corrected chi connectivity index (χ1v) is 8.43. The summed E-state index contributed by atoms with van der Waals surface area (Å²) in [5.41, 5.74) is 0.211. The Morgan fingerprint density at radius 2 is 2.25 bits per heavy atom. The Balaban J connectivity index is 1.73. The first-order chi connectivity index (χ1) is 11.3. The van der Waals surface area contributed by atoms with E-state index in [0.29, 0.717) is 17.2 Å². The summed E-state index contributed by atoms with van der Waals surface area (Å²) in [5, 5.41) is 4.36. The van der Waals surface area contributed by atoms with Crippen LogP contribution >= 0.6 is 11.6 Å². The van der Waals surface area contributed by atoms with Gasteiger partial charge in [-0.25, -0.2) is 14.8 Å². The molecule has 3 heterocycles. The summed E-state index contributed by atoms with van der Waals surface area (Å²) < 4.78 is 5.34. The predicted molar refractivity (Wildman–Crippen MR) is 93.5 cm³/mol. The second kappa shape index (κ2) is 6.47. The summed E-state index contributed by atoms with van der Waals surface area (Å²) in [4.78, 5) is 25.8. The summed E-state index contributed by atoms with van der Waals surface area (Å²) >= 11 is 6.26. The third kappa shape index (κ3) is 3.72. The predicted octanol–water partition coefficient (Wildman–Crippen LogP) is 3.10. The number of aromatic nitrogens is 3. The molecule has 3 rings (SSSR count). The molecule has 1 fully saturated rings. The van der Waals surface area contributed by atoms with Crippen molar-refractivity contribution in [1.82, 2.24) is 20.3 Å². The highest BCUT2D eigenvalue weighted by Gasteiger charge is 2.26. The summed E-state index contributed by atoms with van der Waals surface area (Å²) in [6, 6.07) is 0.0105. The Hall–Kier alpha value is -2.02. The Kier molecular flexibility index (Phi) is 4.54. The summed E-state index contributed by atoms with van der Waals surface area (Å²) in [6.45, 7) is 7.08. The number of amides is 1. The molecule has 0 saturated carbocycles. The van der Waals surface area contributed by atoms with Gasteiger partial charge in [0.2, 0.25) is 0 Å². The van der Waals surface area contributed by atoms with E-state index in [-0.39, 0.29) is 12.1 Å². The number of anilines is 1. The molecule has 1 aliphatic heterocycles. The molecule has 2 aromatic heterocycles. The van der Waals surface area contributed by atoms with E-state index in [1.165, 1.54) is 6.33 Å². The quantitative estimate of drug-likeness (QED) is 0.868. The maximum atomic E-state index is 12.0. The molecule has 0 bridgehead atoms. The van der Waals surface area contributed by atoms with Crippen molar-refractivity contribution in [1.29, 1.82) is 0 Å². The zero-order valence-corrected chi connectivity index (χ0v) is 14.9. The van der Waals surface area contributed by atoms with Gasteiger partial charge in [0, 0.05) is 25.3 Å². The SMILES string of the molecule is CC(C)(C)OC(=O)N[C@@H]1CCCN(c2ncnc3[nH]cc(Cl)c23)C1. The normalized spacial score (nSPS) is 18.7. The van der Waals surface area contributed by atoms with E-state index < -0.39 is 5.60 Å². The standard InChI is InChI=1S/C16H22ClN5O2/c1-16(2,3)24-15(23)21-10-5-4-6-22(8-10)14-12-11(17)7-18-13(12)19-9-20-14/h7,9-10H,4-6,8H2,1-3H3,(H,21,23)(H,18,19,20)/t10-/m1/s1. The van der Waals surface area contributed by atoms with Gasteiger partial charge in [-0.2, -0.15) is 0 Å². The van der Waals surface area contributed by atoms with Gasteiger partial charge in [-0.15, -0.1) is 0 Å². The minimum Gasteiger partial charge on any atom is -0.444 e. The Morgan fingerprint density at radius 3 is 3.00 bits per heavy atom. The van der Waals surface area contributed by atoms with Crippen LogP contribution in [0, 0.1) is 0 Å². The molecule has 1 atom stereocenters. The van der Waals surface area contributed by atoms with Gasteiger partial charge in [0.15, 0.2) is 0 Å². The minimum atomic E-state index is -0.504. The van der Waals surface area contributed by atoms with Crippen molar-refractivity contribution < 1.29 is 9.53 Å². The number of aromatic amines is 1. The van der Waals surface area contributed by atoms with Crippen LogP contribution in [0.2, 0.25) is 5.02 Å². The van der Waals surface area contributed by atoms with Crippen molar-refractivity contribution >= 4 is 34.5 Å². The number of rotatable bonds is 2. The lowest BCUT2D eigenvalue weighted by molar-refractivity contribution is 0.0500. The molecule has 0 aromatic carbocycles. The fourth-order valence-electron chi connectivity index (χ4n) is 2.91. The molecule has 8 heteroatoms. The van der Waals surface area contributed by atoms with Crippen LogP contribution in [0.25, 0.3) is 11.0 Å². The maximum Gasteiger partial charge on any atom is 0.407 e. The van der Waals surface area contributed by atoms with Crippen molar-refractivity contribution in [3.05, 3.63) is 17.5 Å². The molecule has 0 spiro atoms. The summed E-state index contributed by atoms with van der Waals surface area (Å²) in [6.07, 6.45) is 4.71. The van der Waals surface area contributed by atoms with Crippen molar-refractivity contribution in [2.45, 2.75) is 45.3 Å². The molecule has 2 N–H and O–H groups in total. The number of hydrogen-bond acceptors (Lipinski definition) is 5. The van der Waals surface area contributed by atoms with Crippen molar-refractivity contribution in [2.75, 3.05) is 18.0 Å². The largest absolute Gasteiger partial charge is 0.444 e. The number of ether oxygens (including phenoxy) is 1. The van der Waals surface area contributed by atoms with E-state index in [1.54, 1.807) is 6.20 Å². The van der Waals surface area contributed by atoms with Gasteiger partial charge in [-0.05, 0) is 33.6 Å². The second-order valence-corrected chi connectivity index (χ2v) is 7.40. The van der Waals surface area contributed by atoms with Gasteiger partial charge < -0.3 is 19.9 Å². The topological polar surface area (TPSA) is 83.1 Å². The summed E-state index contributed by atoms with van der Waals surface area (Å²) in [7, 11) is 0. The van der Waals surface area contributed by atoms with Gasteiger partial charge in [0.1, 0.15) is 23.4 Å². The molecule has 1 saturated heterocycles. The highest BCUT2D eigenvalue weighted by atomic mass is 35.5. The fourth-order valence-corrected chi connectivity index (χ4v) is 3.14. The molecule has 2 aromatic rings. The lowest BCUT2D eigenvalue weighted by Gasteiger charge is -2.34. The maximum absolute atomic E-state index is 12.0. The van der Waals surface area contributed by atoms with Gasteiger partial charge in [0.05, 0.1) is 10.4 Å². The number of hydrogen-bond donors (Lipinski definition) is 2. The number of fused-ring (bicyclic) bond motifs is 1. The highest BCUT2D eigenvalue weighted by Crippen LogP contribution is 2.31. The van der Waals surface area contributed by atoms with Crippen LogP contribution in [-0.2, 0) is 4.74 Å². The van der Waals surface area contributed by atoms with E-state index in [1.807, 2.05) is 20.8 Å². The number of alkyl carbamates (subject to hydrolysis) is 1. The van der Waals surface area contributed by atoms with Crippen LogP contribution in [0.3, 0.4) is 0 Å². The van der Waals surface area contributed by atoms with Crippen LogP contribution < -0.4 is 10.2 Å². The number of nitrogens with zero attached hydrogens (tertiary/aromatic N) is 3. The number of nitrogens with one attached hydrogen (secondary N) is 2. The molecule has 1 aliphatic rings. The van der Waals surface area contributed by atoms with Crippen LogP contribution in [0.15, 0.2) is 12.5 Å². The second-order valence-electron chi connectivity index (χ2n) is 6.99. The van der Waals surface area contributed by atoms with E-state index in [0.717, 1.165) is 30.6 Å². The fraction of sp³-hybridized carbons (Fsp3) is 0.562. The van der Waals surface area contributed by atoms with Gasteiger partial charge in [-0.3, -0.25) is 0 Å². The number of carbonyl (C=O) groups is 1. The molecular formula is C16H22ClN5O2. The van der Waals surface area contributed by atoms with Crippen LogP contribution in [-0.4, -0.2) is 45.8 Å². The van der Waals surface area contributed by atoms with Crippen molar-refractivity contribution in [3.8, 4) is 0 Å². The molecule has 0 unspecified atom stereocenters. The zero-order chi connectivity index (χ0) is 17.3. The lowest BCUT2D eigenvalue weighted by Crippen LogP contribution is -2.49.